The molecule has 0 amide bonds. The van der Waals surface area contributed by atoms with Crippen LogP contribution in [-0.4, -0.2) is 22.0 Å². The second-order valence-electron chi connectivity index (χ2n) is 5.79. The normalized spacial score (nSPS) is 30.3. The van der Waals surface area contributed by atoms with Crippen LogP contribution in [0.5, 0.6) is 0 Å². The Kier molecular flexibility index (Phi) is 3.61. The number of hydrogen-bond donors (Lipinski definition) is 2. The molecule has 1 aromatic rings. The minimum atomic E-state index is -0.806. The van der Waals surface area contributed by atoms with Gasteiger partial charge in [-0.25, -0.2) is 0 Å². The quantitative estimate of drug-likeness (QED) is 0.639. The van der Waals surface area contributed by atoms with Gasteiger partial charge in [0, 0.05) is 16.6 Å². The van der Waals surface area contributed by atoms with Gasteiger partial charge < -0.3 is 10.4 Å². The predicted molar refractivity (Wildman–Crippen MR) is 80.2 cm³/mol. The van der Waals surface area contributed by atoms with Crippen LogP contribution in [0.25, 0.3) is 0 Å². The van der Waals surface area contributed by atoms with Crippen molar-refractivity contribution in [3.05, 3.63) is 32.8 Å². The van der Waals surface area contributed by atoms with E-state index >= 15 is 0 Å². The Morgan fingerprint density at radius 3 is 2.76 bits per heavy atom. The average molecular weight is 355 g/mol. The van der Waals surface area contributed by atoms with Crippen LogP contribution in [0.1, 0.15) is 19.3 Å². The first-order valence-electron chi connectivity index (χ1n) is 6.90. The molecule has 7 heteroatoms. The van der Waals surface area contributed by atoms with Crippen molar-refractivity contribution >= 4 is 33.3 Å². The molecule has 4 atom stereocenters. The minimum Gasteiger partial charge on any atom is -0.481 e. The summed E-state index contributed by atoms with van der Waals surface area (Å²) in [6, 6.07) is 4.57. The molecule has 2 aliphatic rings. The van der Waals surface area contributed by atoms with Gasteiger partial charge in [0.25, 0.3) is 5.69 Å². The van der Waals surface area contributed by atoms with E-state index in [1.807, 2.05) is 0 Å². The van der Waals surface area contributed by atoms with Gasteiger partial charge in [0.2, 0.25) is 0 Å². The number of nitro benzene ring substituents is 1. The molecule has 0 radical (unpaired) electrons. The van der Waals surface area contributed by atoms with Gasteiger partial charge in [0.05, 0.1) is 10.8 Å². The maximum absolute atomic E-state index is 11.5. The van der Waals surface area contributed by atoms with Crippen molar-refractivity contribution in [1.82, 2.24) is 0 Å². The highest BCUT2D eigenvalue weighted by atomic mass is 79.9. The second kappa shape index (κ2) is 5.29. The van der Waals surface area contributed by atoms with Crippen LogP contribution in [0.15, 0.2) is 22.7 Å². The molecular weight excluding hydrogens is 340 g/mol. The number of carbonyl (C=O) groups is 1. The highest BCUT2D eigenvalue weighted by Gasteiger charge is 2.51. The summed E-state index contributed by atoms with van der Waals surface area (Å²) in [5, 5.41) is 23.7. The summed E-state index contributed by atoms with van der Waals surface area (Å²) in [4.78, 5) is 22.2. The summed E-state index contributed by atoms with van der Waals surface area (Å²) < 4.78 is 0.627. The van der Waals surface area contributed by atoms with Gasteiger partial charge in [-0.1, -0.05) is 15.9 Å². The van der Waals surface area contributed by atoms with Gasteiger partial charge in [-0.2, -0.15) is 0 Å². The number of aliphatic carboxylic acids is 1. The van der Waals surface area contributed by atoms with Gasteiger partial charge in [-0.05, 0) is 43.2 Å². The van der Waals surface area contributed by atoms with Gasteiger partial charge in [-0.15, -0.1) is 0 Å². The van der Waals surface area contributed by atoms with Crippen molar-refractivity contribution in [2.75, 3.05) is 5.32 Å². The van der Waals surface area contributed by atoms with Crippen LogP contribution in [0.4, 0.5) is 11.4 Å². The fraction of sp³-hybridized carbons (Fsp3) is 0.500. The van der Waals surface area contributed by atoms with E-state index in [0.717, 1.165) is 19.3 Å². The topological polar surface area (TPSA) is 92.5 Å². The number of nitrogens with one attached hydrogen (secondary N) is 1. The summed E-state index contributed by atoms with van der Waals surface area (Å²) in [7, 11) is 0. The number of nitro groups is 1. The van der Waals surface area contributed by atoms with Crippen LogP contribution in [0.2, 0.25) is 0 Å². The molecule has 21 heavy (non-hydrogen) atoms. The molecular formula is C14H15BrN2O4. The Morgan fingerprint density at radius 2 is 2.10 bits per heavy atom. The largest absolute Gasteiger partial charge is 0.481 e. The van der Waals surface area contributed by atoms with E-state index in [1.54, 1.807) is 12.1 Å². The zero-order valence-corrected chi connectivity index (χ0v) is 12.7. The Labute approximate surface area is 129 Å². The van der Waals surface area contributed by atoms with Crippen molar-refractivity contribution in [2.45, 2.75) is 25.3 Å². The lowest BCUT2D eigenvalue weighted by Gasteiger charge is -2.29. The first-order chi connectivity index (χ1) is 9.97. The molecule has 2 fully saturated rings. The first-order valence-corrected chi connectivity index (χ1v) is 7.70. The Bertz CT molecular complexity index is 607. The molecule has 2 saturated carbocycles. The third-order valence-corrected chi connectivity index (χ3v) is 5.17. The first kappa shape index (κ1) is 14.3. The molecule has 0 aliphatic heterocycles. The zero-order valence-electron chi connectivity index (χ0n) is 11.2. The number of hydrogen-bond acceptors (Lipinski definition) is 4. The summed E-state index contributed by atoms with van der Waals surface area (Å²) in [6.45, 7) is 0. The number of nitrogens with zero attached hydrogens (tertiary/aromatic N) is 1. The third kappa shape index (κ3) is 2.50. The van der Waals surface area contributed by atoms with Crippen molar-refractivity contribution in [3.8, 4) is 0 Å². The summed E-state index contributed by atoms with van der Waals surface area (Å²) >= 11 is 3.22. The highest BCUT2D eigenvalue weighted by Crippen LogP contribution is 2.50. The second-order valence-corrected chi connectivity index (χ2v) is 6.70. The maximum Gasteiger partial charge on any atom is 0.308 e. The molecule has 4 unspecified atom stereocenters. The predicted octanol–water partition coefficient (Wildman–Crippen LogP) is 3.27. The lowest BCUT2D eigenvalue weighted by atomic mass is 9.84. The number of anilines is 1. The zero-order chi connectivity index (χ0) is 15.1. The Balaban J connectivity index is 1.89. The summed E-state index contributed by atoms with van der Waals surface area (Å²) in [5.41, 5.74) is 0.364. The van der Waals surface area contributed by atoms with E-state index in [9.17, 15) is 20.0 Å². The van der Waals surface area contributed by atoms with Crippen molar-refractivity contribution < 1.29 is 14.8 Å². The SMILES string of the molecule is O=C(O)C1C2CCC(C2)C1Nc1ccc(Br)cc1[N+](=O)[O-]. The number of carboxylic acid groups (broad SMARTS) is 1. The van der Waals surface area contributed by atoms with Crippen LogP contribution < -0.4 is 5.32 Å². The van der Waals surface area contributed by atoms with Crippen LogP contribution in [-0.2, 0) is 4.79 Å². The smallest absolute Gasteiger partial charge is 0.308 e. The third-order valence-electron chi connectivity index (χ3n) is 4.68. The molecule has 2 N–H and O–H groups in total. The van der Waals surface area contributed by atoms with Crippen molar-refractivity contribution in [3.63, 3.8) is 0 Å². The molecule has 2 bridgehead atoms. The van der Waals surface area contributed by atoms with Crippen LogP contribution in [0.3, 0.4) is 0 Å². The molecule has 0 aromatic heterocycles. The average Bonchev–Trinajstić information content (AvgIpc) is 3.01. The van der Waals surface area contributed by atoms with Crippen molar-refractivity contribution in [1.29, 1.82) is 0 Å². The molecule has 112 valence electrons. The van der Waals surface area contributed by atoms with Gasteiger partial charge in [0.15, 0.2) is 0 Å². The van der Waals surface area contributed by atoms with Gasteiger partial charge in [-0.3, -0.25) is 14.9 Å². The van der Waals surface area contributed by atoms with E-state index < -0.39 is 16.8 Å². The number of carboxylic acids is 1. The van der Waals surface area contributed by atoms with Gasteiger partial charge >= 0.3 is 5.97 Å². The van der Waals surface area contributed by atoms with Crippen molar-refractivity contribution in [2.24, 2.45) is 17.8 Å². The summed E-state index contributed by atoms with van der Waals surface area (Å²) in [5.74, 6) is -0.773. The fourth-order valence-corrected chi connectivity index (χ4v) is 4.16. The Hall–Kier alpha value is -1.63. The lowest BCUT2D eigenvalue weighted by molar-refractivity contribution is -0.384. The summed E-state index contributed by atoms with van der Waals surface area (Å²) in [6.07, 6.45) is 2.84. The van der Waals surface area contributed by atoms with E-state index in [0.29, 0.717) is 16.1 Å². The molecule has 0 heterocycles. The van der Waals surface area contributed by atoms with Crippen LogP contribution >= 0.6 is 15.9 Å². The number of benzene rings is 1. The molecule has 0 saturated heterocycles. The van der Waals surface area contributed by atoms with E-state index in [-0.39, 0.29) is 17.6 Å². The Morgan fingerprint density at radius 1 is 1.38 bits per heavy atom. The van der Waals surface area contributed by atoms with Gasteiger partial charge in [0.1, 0.15) is 5.69 Å². The molecule has 3 rings (SSSR count). The molecule has 2 aliphatic carbocycles. The van der Waals surface area contributed by atoms with Crippen LogP contribution in [0, 0.1) is 27.9 Å². The molecule has 1 aromatic carbocycles. The highest BCUT2D eigenvalue weighted by molar-refractivity contribution is 9.10. The van der Waals surface area contributed by atoms with E-state index in [4.69, 9.17) is 0 Å². The maximum atomic E-state index is 11.5. The fourth-order valence-electron chi connectivity index (χ4n) is 3.81. The standard InChI is InChI=1S/C14H15BrN2O4/c15-9-3-4-10(11(6-9)17(20)21)16-13-8-2-1-7(5-8)12(13)14(18)19/h3-4,6-8,12-13,16H,1-2,5H2,(H,18,19). The number of halogens is 1. The minimum absolute atomic E-state index is 0.0312. The lowest BCUT2D eigenvalue weighted by Crippen LogP contribution is -2.39. The molecule has 6 nitrogen and oxygen atoms in total. The molecule has 0 spiro atoms. The number of fused-ring (bicyclic) bond motifs is 2. The van der Waals surface area contributed by atoms with E-state index in [2.05, 4.69) is 21.2 Å². The van der Waals surface area contributed by atoms with E-state index in [1.165, 1.54) is 6.07 Å². The number of rotatable bonds is 4. The monoisotopic (exact) mass is 354 g/mol.